The fraction of sp³-hybridized carbons (Fsp3) is 0.238. The molecule has 5 nitrogen and oxygen atoms in total. The van der Waals surface area contributed by atoms with E-state index in [0.29, 0.717) is 17.7 Å². The van der Waals surface area contributed by atoms with Gasteiger partial charge < -0.3 is 14.6 Å². The number of nitrogens with zero attached hydrogens (tertiary/aromatic N) is 1. The zero-order chi connectivity index (χ0) is 19.6. The second kappa shape index (κ2) is 7.96. The number of fused-ring (bicyclic) bond motifs is 1. The molecule has 0 saturated heterocycles. The van der Waals surface area contributed by atoms with Crippen LogP contribution in [0.5, 0.6) is 5.75 Å². The van der Waals surface area contributed by atoms with Gasteiger partial charge in [-0.25, -0.2) is 0 Å². The summed E-state index contributed by atoms with van der Waals surface area (Å²) in [7, 11) is 1.55. The van der Waals surface area contributed by atoms with E-state index in [4.69, 9.17) is 4.74 Å². The molecule has 1 amide bonds. The fourth-order valence-corrected chi connectivity index (χ4v) is 3.30. The maximum absolute atomic E-state index is 12.9. The van der Waals surface area contributed by atoms with Crippen molar-refractivity contribution >= 4 is 32.7 Å². The Labute approximate surface area is 166 Å². The van der Waals surface area contributed by atoms with Crippen LogP contribution in [0.3, 0.4) is 0 Å². The number of benzene rings is 2. The molecule has 0 spiro atoms. The molecule has 1 N–H and O–H groups in total. The maximum atomic E-state index is 12.9. The van der Waals surface area contributed by atoms with Crippen LogP contribution in [0.15, 0.2) is 57.9 Å². The van der Waals surface area contributed by atoms with E-state index in [1.54, 1.807) is 19.4 Å². The van der Waals surface area contributed by atoms with Crippen molar-refractivity contribution in [3.05, 3.63) is 74.5 Å². The summed E-state index contributed by atoms with van der Waals surface area (Å²) in [5, 5.41) is 3.39. The number of halogens is 1. The van der Waals surface area contributed by atoms with Crippen LogP contribution in [-0.2, 0) is 6.54 Å². The number of carbonyl (C=O) groups excluding carboxylic acids is 1. The molecule has 1 atom stereocenters. The van der Waals surface area contributed by atoms with Gasteiger partial charge in [-0.15, -0.1) is 0 Å². The van der Waals surface area contributed by atoms with E-state index in [0.717, 1.165) is 15.6 Å². The molecule has 2 aromatic carbocycles. The fourth-order valence-electron chi connectivity index (χ4n) is 3.04. The molecular formula is C21H21BrN2O3. The molecule has 1 aromatic heterocycles. The summed E-state index contributed by atoms with van der Waals surface area (Å²) in [6.45, 7) is 4.51. The molecule has 0 aliphatic carbocycles. The molecule has 27 heavy (non-hydrogen) atoms. The first-order valence-corrected chi connectivity index (χ1v) is 9.51. The molecule has 0 fully saturated rings. The second-order valence-corrected chi connectivity index (χ2v) is 7.20. The highest BCUT2D eigenvalue weighted by molar-refractivity contribution is 9.10. The van der Waals surface area contributed by atoms with Gasteiger partial charge in [0, 0.05) is 17.2 Å². The lowest BCUT2D eigenvalue weighted by atomic mass is 10.1. The lowest BCUT2D eigenvalue weighted by Gasteiger charge is -2.16. The van der Waals surface area contributed by atoms with Crippen LogP contribution in [-0.4, -0.2) is 17.6 Å². The van der Waals surface area contributed by atoms with Gasteiger partial charge in [0.05, 0.1) is 24.1 Å². The Hall–Kier alpha value is -2.60. The van der Waals surface area contributed by atoms with Gasteiger partial charge in [-0.05, 0) is 49.7 Å². The van der Waals surface area contributed by atoms with Gasteiger partial charge >= 0.3 is 0 Å². The highest BCUT2D eigenvalue weighted by Gasteiger charge is 2.18. The number of ether oxygens (including phenoxy) is 1. The summed E-state index contributed by atoms with van der Waals surface area (Å²) in [5.74, 6) is 0.199. The van der Waals surface area contributed by atoms with Gasteiger partial charge in [0.2, 0.25) is 5.43 Å². The summed E-state index contributed by atoms with van der Waals surface area (Å²) in [4.78, 5) is 25.8. The van der Waals surface area contributed by atoms with E-state index >= 15 is 0 Å². The van der Waals surface area contributed by atoms with E-state index in [2.05, 4.69) is 21.2 Å². The Morgan fingerprint density at radius 2 is 1.93 bits per heavy atom. The van der Waals surface area contributed by atoms with Crippen molar-refractivity contribution < 1.29 is 9.53 Å². The van der Waals surface area contributed by atoms with Crippen LogP contribution in [0.2, 0.25) is 0 Å². The number of pyridine rings is 1. The third-order valence-electron chi connectivity index (χ3n) is 4.59. The molecule has 0 aliphatic heterocycles. The number of rotatable bonds is 5. The number of nitrogens with one attached hydrogen (secondary N) is 1. The molecule has 0 aliphatic rings. The monoisotopic (exact) mass is 428 g/mol. The number of methoxy groups -OCH3 is 1. The zero-order valence-corrected chi connectivity index (χ0v) is 17.0. The number of amides is 1. The average Bonchev–Trinajstić information content (AvgIpc) is 2.68. The van der Waals surface area contributed by atoms with Crippen molar-refractivity contribution in [2.45, 2.75) is 26.4 Å². The Balaban J connectivity index is 1.99. The first kappa shape index (κ1) is 19.2. The van der Waals surface area contributed by atoms with E-state index in [1.165, 1.54) is 0 Å². The van der Waals surface area contributed by atoms with E-state index in [9.17, 15) is 9.59 Å². The molecular weight excluding hydrogens is 408 g/mol. The summed E-state index contributed by atoms with van der Waals surface area (Å²) in [6.07, 6.45) is 1.63. The van der Waals surface area contributed by atoms with Crippen LogP contribution < -0.4 is 15.5 Å². The Kier molecular flexibility index (Phi) is 5.65. The number of hydrogen-bond acceptors (Lipinski definition) is 3. The van der Waals surface area contributed by atoms with Crippen LogP contribution in [0.4, 0.5) is 0 Å². The van der Waals surface area contributed by atoms with Crippen LogP contribution in [0.1, 0.15) is 35.8 Å². The van der Waals surface area contributed by atoms with Crippen molar-refractivity contribution in [3.8, 4) is 5.75 Å². The van der Waals surface area contributed by atoms with Crippen molar-refractivity contribution in [2.75, 3.05) is 7.11 Å². The van der Waals surface area contributed by atoms with E-state index in [-0.39, 0.29) is 22.9 Å². The topological polar surface area (TPSA) is 60.3 Å². The van der Waals surface area contributed by atoms with Crippen LogP contribution in [0.25, 0.3) is 10.9 Å². The van der Waals surface area contributed by atoms with Crippen molar-refractivity contribution in [1.29, 1.82) is 0 Å². The molecule has 3 aromatic rings. The van der Waals surface area contributed by atoms with Gasteiger partial charge in [-0.3, -0.25) is 9.59 Å². The predicted octanol–water partition coefficient (Wildman–Crippen LogP) is 4.28. The summed E-state index contributed by atoms with van der Waals surface area (Å²) in [5.41, 5.74) is 1.57. The molecule has 0 saturated carbocycles. The summed E-state index contributed by atoms with van der Waals surface area (Å²) in [6, 6.07) is 12.8. The van der Waals surface area contributed by atoms with Gasteiger partial charge in [0.1, 0.15) is 11.3 Å². The predicted molar refractivity (Wildman–Crippen MR) is 110 cm³/mol. The molecule has 1 heterocycles. The number of hydrogen-bond donors (Lipinski definition) is 1. The zero-order valence-electron chi connectivity index (χ0n) is 15.5. The number of aryl methyl sites for hydroxylation is 1. The second-order valence-electron chi connectivity index (χ2n) is 6.29. The van der Waals surface area contributed by atoms with Gasteiger partial charge in [0.25, 0.3) is 5.91 Å². The standard InChI is InChI=1S/C21H21BrN2O3/c1-4-24-12-18(20(25)17-11-16(27-3)9-10-19(17)24)21(26)23-13(2)14-5-7-15(22)8-6-14/h5-13H,4H2,1-3H3,(H,23,26)/t13-/m0/s1. The lowest BCUT2D eigenvalue weighted by molar-refractivity contribution is 0.0938. The molecule has 0 bridgehead atoms. The van der Waals surface area contributed by atoms with Crippen molar-refractivity contribution in [3.63, 3.8) is 0 Å². The van der Waals surface area contributed by atoms with Crippen LogP contribution >= 0.6 is 15.9 Å². The van der Waals surface area contributed by atoms with E-state index in [1.807, 2.05) is 54.8 Å². The van der Waals surface area contributed by atoms with Crippen molar-refractivity contribution in [1.82, 2.24) is 9.88 Å². The third kappa shape index (κ3) is 3.90. The minimum absolute atomic E-state index is 0.126. The smallest absolute Gasteiger partial charge is 0.257 e. The van der Waals surface area contributed by atoms with Gasteiger partial charge in [-0.1, -0.05) is 28.1 Å². The molecule has 3 rings (SSSR count). The largest absolute Gasteiger partial charge is 0.497 e. The highest BCUT2D eigenvalue weighted by Crippen LogP contribution is 2.20. The first-order valence-electron chi connectivity index (χ1n) is 8.72. The minimum Gasteiger partial charge on any atom is -0.497 e. The SMILES string of the molecule is CCn1cc(C(=O)N[C@@H](C)c2ccc(Br)cc2)c(=O)c2cc(OC)ccc21. The summed E-state index contributed by atoms with van der Waals surface area (Å²) >= 11 is 3.40. The molecule has 0 radical (unpaired) electrons. The van der Waals surface area contributed by atoms with Crippen LogP contribution in [0, 0.1) is 0 Å². The van der Waals surface area contributed by atoms with Gasteiger partial charge in [-0.2, -0.15) is 0 Å². The molecule has 6 heteroatoms. The quantitative estimate of drug-likeness (QED) is 0.659. The Bertz CT molecular complexity index is 1040. The minimum atomic E-state index is -0.387. The third-order valence-corrected chi connectivity index (χ3v) is 5.12. The first-order chi connectivity index (χ1) is 12.9. The molecule has 140 valence electrons. The molecule has 0 unspecified atom stereocenters. The summed E-state index contributed by atoms with van der Waals surface area (Å²) < 4.78 is 8.10. The number of carbonyl (C=O) groups is 1. The van der Waals surface area contributed by atoms with E-state index < -0.39 is 0 Å². The average molecular weight is 429 g/mol. The van der Waals surface area contributed by atoms with Crippen molar-refractivity contribution in [2.24, 2.45) is 0 Å². The van der Waals surface area contributed by atoms with Gasteiger partial charge in [0.15, 0.2) is 0 Å². The maximum Gasteiger partial charge on any atom is 0.257 e. The lowest BCUT2D eigenvalue weighted by Crippen LogP contribution is -2.31. The Morgan fingerprint density at radius 3 is 2.56 bits per heavy atom. The Morgan fingerprint density at radius 1 is 1.22 bits per heavy atom. The highest BCUT2D eigenvalue weighted by atomic mass is 79.9. The normalized spacial score (nSPS) is 12.0. The number of aromatic nitrogens is 1.